The van der Waals surface area contributed by atoms with E-state index in [0.717, 1.165) is 36.8 Å². The zero-order chi connectivity index (χ0) is 25.7. The van der Waals surface area contributed by atoms with Crippen LogP contribution in [0, 0.1) is 5.92 Å². The van der Waals surface area contributed by atoms with Gasteiger partial charge in [0.05, 0.1) is 6.04 Å². The Hall–Kier alpha value is -3.74. The second kappa shape index (κ2) is 11.3. The molecule has 1 unspecified atom stereocenters. The van der Waals surface area contributed by atoms with Crippen LogP contribution in [0.25, 0.3) is 0 Å². The Morgan fingerprint density at radius 3 is 2.25 bits per heavy atom. The molecule has 2 heterocycles. The minimum Gasteiger partial charge on any atom is -0.349 e. The fourth-order valence-corrected chi connectivity index (χ4v) is 4.93. The van der Waals surface area contributed by atoms with Crippen molar-refractivity contribution in [3.63, 3.8) is 0 Å². The average Bonchev–Trinajstić information content (AvgIpc) is 3.42. The number of carbonyl (C=O) groups is 2. The fraction of sp³-hybridized carbons (Fsp3) is 0.379. The average molecular weight is 487 g/mol. The van der Waals surface area contributed by atoms with Crippen LogP contribution in [0.5, 0.6) is 0 Å². The summed E-state index contributed by atoms with van der Waals surface area (Å²) in [7, 11) is 1.70. The number of hydrogen-bond donors (Lipinski definition) is 1. The molecule has 1 aromatic carbocycles. The summed E-state index contributed by atoms with van der Waals surface area (Å²) in [5.74, 6) is -0.600. The Morgan fingerprint density at radius 1 is 1.00 bits per heavy atom. The van der Waals surface area contributed by atoms with Gasteiger partial charge in [-0.3, -0.25) is 19.4 Å². The van der Waals surface area contributed by atoms with Gasteiger partial charge >= 0.3 is 0 Å². The monoisotopic (exact) mass is 486 g/mol. The van der Waals surface area contributed by atoms with Crippen LogP contribution in [-0.2, 0) is 0 Å². The van der Waals surface area contributed by atoms with Gasteiger partial charge in [0.25, 0.3) is 11.8 Å². The third-order valence-corrected chi connectivity index (χ3v) is 6.70. The SMILES string of the molecule is CC(C)CN(C)C(=O)c1cn(C2CCCC2)cc(C(=O)NC(c2ccccc2)c2ccncc2)c1=O. The maximum atomic E-state index is 13.6. The highest BCUT2D eigenvalue weighted by atomic mass is 16.2. The normalized spacial score (nSPS) is 14.6. The van der Waals surface area contributed by atoms with Crippen LogP contribution >= 0.6 is 0 Å². The second-order valence-electron chi connectivity index (χ2n) is 9.98. The lowest BCUT2D eigenvalue weighted by molar-refractivity contribution is 0.0776. The van der Waals surface area contributed by atoms with Crippen molar-refractivity contribution >= 4 is 11.8 Å². The van der Waals surface area contributed by atoms with Crippen molar-refractivity contribution in [1.82, 2.24) is 19.8 Å². The fourth-order valence-electron chi connectivity index (χ4n) is 4.93. The molecule has 0 radical (unpaired) electrons. The van der Waals surface area contributed by atoms with Crippen molar-refractivity contribution < 1.29 is 9.59 Å². The number of hydrogen-bond acceptors (Lipinski definition) is 4. The summed E-state index contributed by atoms with van der Waals surface area (Å²) < 4.78 is 1.91. The molecular weight excluding hydrogens is 452 g/mol. The predicted molar refractivity (Wildman–Crippen MR) is 140 cm³/mol. The molecule has 0 spiro atoms. The lowest BCUT2D eigenvalue weighted by Crippen LogP contribution is -2.38. The molecule has 4 rings (SSSR count). The van der Waals surface area contributed by atoms with Crippen LogP contribution in [0.1, 0.15) is 83.5 Å². The van der Waals surface area contributed by atoms with E-state index >= 15 is 0 Å². The summed E-state index contributed by atoms with van der Waals surface area (Å²) in [6.45, 7) is 4.57. The third-order valence-electron chi connectivity index (χ3n) is 6.70. The van der Waals surface area contributed by atoms with Crippen molar-refractivity contribution in [2.24, 2.45) is 5.92 Å². The molecule has 0 bridgehead atoms. The van der Waals surface area contributed by atoms with E-state index in [0.29, 0.717) is 6.54 Å². The molecular formula is C29H34N4O3. The van der Waals surface area contributed by atoms with E-state index in [2.05, 4.69) is 10.3 Å². The lowest BCUT2D eigenvalue weighted by Gasteiger charge is -2.23. The number of nitrogens with zero attached hydrogens (tertiary/aromatic N) is 3. The van der Waals surface area contributed by atoms with E-state index in [-0.39, 0.29) is 29.0 Å². The molecule has 2 aromatic heterocycles. The van der Waals surface area contributed by atoms with E-state index in [9.17, 15) is 14.4 Å². The zero-order valence-electron chi connectivity index (χ0n) is 21.2. The second-order valence-corrected chi connectivity index (χ2v) is 9.98. The summed E-state index contributed by atoms with van der Waals surface area (Å²) in [6.07, 6.45) is 10.7. The van der Waals surface area contributed by atoms with Crippen molar-refractivity contribution in [2.75, 3.05) is 13.6 Å². The molecule has 0 saturated heterocycles. The van der Waals surface area contributed by atoms with Crippen molar-refractivity contribution in [2.45, 2.75) is 51.6 Å². The number of benzene rings is 1. The van der Waals surface area contributed by atoms with Crippen LogP contribution < -0.4 is 10.7 Å². The van der Waals surface area contributed by atoms with Crippen molar-refractivity contribution in [3.8, 4) is 0 Å². The standard InChI is InChI=1S/C29H34N4O3/c1-20(2)17-32(3)29(36)25-19-33(23-11-7-8-12-23)18-24(27(25)34)28(35)31-26(21-9-5-4-6-10-21)22-13-15-30-16-14-22/h4-6,9-10,13-16,18-20,23,26H,7-8,11-12,17H2,1-3H3,(H,31,35). The molecule has 2 amide bonds. The molecule has 0 aliphatic heterocycles. The Bertz CT molecular complexity index is 1210. The predicted octanol–water partition coefficient (Wildman–Crippen LogP) is 4.61. The topological polar surface area (TPSA) is 84.3 Å². The van der Waals surface area contributed by atoms with Gasteiger partial charge in [0.15, 0.2) is 0 Å². The number of nitrogens with one attached hydrogen (secondary N) is 1. The van der Waals surface area contributed by atoms with Gasteiger partial charge in [0.2, 0.25) is 5.43 Å². The maximum Gasteiger partial charge on any atom is 0.259 e. The minimum absolute atomic E-state index is 0.0133. The van der Waals surface area contributed by atoms with Gasteiger partial charge in [0, 0.05) is 44.4 Å². The van der Waals surface area contributed by atoms with E-state index in [1.807, 2.05) is 60.9 Å². The van der Waals surface area contributed by atoms with Crippen LogP contribution in [-0.4, -0.2) is 39.9 Å². The number of amides is 2. The highest BCUT2D eigenvalue weighted by Gasteiger charge is 2.27. The Kier molecular flexibility index (Phi) is 7.98. The van der Waals surface area contributed by atoms with Gasteiger partial charge in [-0.1, -0.05) is 57.0 Å². The van der Waals surface area contributed by atoms with Gasteiger partial charge in [-0.05, 0) is 42.0 Å². The Labute approximate surface area is 212 Å². The highest BCUT2D eigenvalue weighted by molar-refractivity contribution is 5.99. The molecule has 7 nitrogen and oxygen atoms in total. The highest BCUT2D eigenvalue weighted by Crippen LogP contribution is 2.29. The minimum atomic E-state index is -0.538. The molecule has 1 fully saturated rings. The molecule has 36 heavy (non-hydrogen) atoms. The third kappa shape index (κ3) is 5.73. The first kappa shape index (κ1) is 25.4. The molecule has 3 aromatic rings. The number of rotatable bonds is 8. The van der Waals surface area contributed by atoms with E-state index in [1.165, 1.54) is 0 Å². The van der Waals surface area contributed by atoms with Gasteiger partial charge in [0.1, 0.15) is 11.1 Å². The number of aromatic nitrogens is 2. The smallest absolute Gasteiger partial charge is 0.259 e. The molecule has 188 valence electrons. The van der Waals surface area contributed by atoms with Crippen LogP contribution in [0.4, 0.5) is 0 Å². The first-order valence-electron chi connectivity index (χ1n) is 12.6. The molecule has 1 aliphatic rings. The van der Waals surface area contributed by atoms with Gasteiger partial charge < -0.3 is 14.8 Å². The lowest BCUT2D eigenvalue weighted by atomic mass is 9.99. The first-order chi connectivity index (χ1) is 17.3. The number of pyridine rings is 2. The quantitative estimate of drug-likeness (QED) is 0.504. The van der Waals surface area contributed by atoms with Gasteiger partial charge in [-0.2, -0.15) is 0 Å². The molecule has 1 aliphatic carbocycles. The summed E-state index contributed by atoms with van der Waals surface area (Å²) in [5.41, 5.74) is 1.23. The van der Waals surface area contributed by atoms with E-state index in [4.69, 9.17) is 0 Å². The largest absolute Gasteiger partial charge is 0.349 e. The van der Waals surface area contributed by atoms with E-state index < -0.39 is 17.4 Å². The molecule has 1 saturated carbocycles. The van der Waals surface area contributed by atoms with Crippen LogP contribution in [0.3, 0.4) is 0 Å². The zero-order valence-corrected chi connectivity index (χ0v) is 21.2. The van der Waals surface area contributed by atoms with Crippen molar-refractivity contribution in [1.29, 1.82) is 0 Å². The Morgan fingerprint density at radius 2 is 1.61 bits per heavy atom. The molecule has 7 heteroatoms. The Balaban J connectivity index is 1.74. The summed E-state index contributed by atoms with van der Waals surface area (Å²) in [5, 5.41) is 3.05. The number of carbonyl (C=O) groups excluding carboxylic acids is 2. The molecule has 1 N–H and O–H groups in total. The van der Waals surface area contributed by atoms with Crippen LogP contribution in [0.2, 0.25) is 0 Å². The van der Waals surface area contributed by atoms with Crippen LogP contribution in [0.15, 0.2) is 72.0 Å². The summed E-state index contributed by atoms with van der Waals surface area (Å²) >= 11 is 0. The van der Waals surface area contributed by atoms with Gasteiger partial charge in [-0.15, -0.1) is 0 Å². The summed E-state index contributed by atoms with van der Waals surface area (Å²) in [4.78, 5) is 46.1. The first-order valence-corrected chi connectivity index (χ1v) is 12.6. The maximum absolute atomic E-state index is 13.6. The van der Waals surface area contributed by atoms with Gasteiger partial charge in [-0.25, -0.2) is 0 Å². The molecule has 1 atom stereocenters. The summed E-state index contributed by atoms with van der Waals surface area (Å²) in [6, 6.07) is 13.0. The van der Waals surface area contributed by atoms with E-state index in [1.54, 1.807) is 36.7 Å². The van der Waals surface area contributed by atoms with Crippen molar-refractivity contribution in [3.05, 3.63) is 99.7 Å².